The number of rotatable bonds is 12. The largest absolute Gasteiger partial charge is 0.573 e. The normalized spacial score (nSPS) is 14.6. The third-order valence-electron chi connectivity index (χ3n) is 7.94. The number of nitrogens with two attached hydrogens (primary N) is 2. The number of aromatic nitrogens is 1. The number of fused-ring (bicyclic) bond motifs is 1. The van der Waals surface area contributed by atoms with Gasteiger partial charge in [0.15, 0.2) is 0 Å². The van der Waals surface area contributed by atoms with Gasteiger partial charge in [-0.15, -0.1) is 13.2 Å². The van der Waals surface area contributed by atoms with Gasteiger partial charge in [0.2, 0.25) is 0 Å². The standard InChI is InChI=1S/C33H39F3N4O4/c1-41-26-16-27(42-2)18-28(17-26)43-24-8-12-39(13-9-24)20-22-4-7-32-30(14-22)31(21-40(32)11-3-10-37)29-6-5-25(15-23(29)19-38)44-33(34,35)36/h4-7,14-18,21,24H,3,8-13,19-20,37-38H2,1-2H3. The minimum absolute atomic E-state index is 0.0686. The Hall–Kier alpha value is -3.93. The Morgan fingerprint density at radius 1 is 0.841 bits per heavy atom. The number of benzene rings is 3. The van der Waals surface area contributed by atoms with Crippen LogP contribution in [0, 0.1) is 0 Å². The zero-order chi connectivity index (χ0) is 31.3. The van der Waals surface area contributed by atoms with E-state index in [0.717, 1.165) is 78.8 Å². The minimum Gasteiger partial charge on any atom is -0.496 e. The maximum atomic E-state index is 12.9. The highest BCUT2D eigenvalue weighted by Gasteiger charge is 2.31. The van der Waals surface area contributed by atoms with Gasteiger partial charge in [0, 0.05) is 73.6 Å². The first-order chi connectivity index (χ1) is 21.2. The minimum atomic E-state index is -4.77. The molecule has 236 valence electrons. The summed E-state index contributed by atoms with van der Waals surface area (Å²) in [6, 6.07) is 16.3. The van der Waals surface area contributed by atoms with E-state index in [1.165, 1.54) is 12.1 Å². The Kier molecular flexibility index (Phi) is 9.87. The molecule has 11 heteroatoms. The van der Waals surface area contributed by atoms with Crippen LogP contribution in [0.15, 0.2) is 60.8 Å². The fourth-order valence-electron chi connectivity index (χ4n) is 5.79. The van der Waals surface area contributed by atoms with E-state index in [2.05, 4.69) is 32.4 Å². The van der Waals surface area contributed by atoms with E-state index in [0.29, 0.717) is 23.6 Å². The maximum absolute atomic E-state index is 12.9. The maximum Gasteiger partial charge on any atom is 0.573 e. The first-order valence-electron chi connectivity index (χ1n) is 14.7. The fourth-order valence-corrected chi connectivity index (χ4v) is 5.79. The smallest absolute Gasteiger partial charge is 0.496 e. The van der Waals surface area contributed by atoms with Crippen LogP contribution in [0.1, 0.15) is 30.4 Å². The van der Waals surface area contributed by atoms with Gasteiger partial charge >= 0.3 is 6.36 Å². The molecule has 0 saturated carbocycles. The van der Waals surface area contributed by atoms with Crippen LogP contribution in [0.2, 0.25) is 0 Å². The highest BCUT2D eigenvalue weighted by molar-refractivity contribution is 5.97. The Morgan fingerprint density at radius 3 is 2.18 bits per heavy atom. The molecule has 8 nitrogen and oxygen atoms in total. The molecule has 44 heavy (non-hydrogen) atoms. The molecule has 4 N–H and O–H groups in total. The lowest BCUT2D eigenvalue weighted by Crippen LogP contribution is -2.37. The van der Waals surface area contributed by atoms with Crippen molar-refractivity contribution < 1.29 is 32.1 Å². The molecule has 1 saturated heterocycles. The Labute approximate surface area is 255 Å². The summed E-state index contributed by atoms with van der Waals surface area (Å²) in [6.07, 6.45) is -0.0771. The molecule has 1 aliphatic rings. The first-order valence-corrected chi connectivity index (χ1v) is 14.7. The highest BCUT2D eigenvalue weighted by atomic mass is 19.4. The summed E-state index contributed by atoms with van der Waals surface area (Å²) in [7, 11) is 3.24. The number of halogens is 3. The second-order valence-electron chi connectivity index (χ2n) is 10.9. The van der Waals surface area contributed by atoms with Crippen LogP contribution in [-0.4, -0.2) is 55.8 Å². The number of methoxy groups -OCH3 is 2. The van der Waals surface area contributed by atoms with E-state index in [-0.39, 0.29) is 18.4 Å². The van der Waals surface area contributed by atoms with Crippen molar-refractivity contribution in [2.24, 2.45) is 11.5 Å². The third kappa shape index (κ3) is 7.58. The van der Waals surface area contributed by atoms with Gasteiger partial charge in [-0.2, -0.15) is 0 Å². The highest BCUT2D eigenvalue weighted by Crippen LogP contribution is 2.37. The summed E-state index contributed by atoms with van der Waals surface area (Å²) >= 11 is 0. The number of nitrogens with zero attached hydrogens (tertiary/aromatic N) is 2. The quantitative estimate of drug-likeness (QED) is 0.200. The number of piperidine rings is 1. The SMILES string of the molecule is COc1cc(OC)cc(OC2CCN(Cc3ccc4c(c3)c(-c3ccc(OC(F)(F)F)cc3CN)cn4CCCN)CC2)c1. The van der Waals surface area contributed by atoms with Crippen LogP contribution in [0.25, 0.3) is 22.0 Å². The van der Waals surface area contributed by atoms with Crippen molar-refractivity contribution in [3.05, 3.63) is 71.9 Å². The van der Waals surface area contributed by atoms with E-state index < -0.39 is 6.36 Å². The van der Waals surface area contributed by atoms with Gasteiger partial charge in [0.1, 0.15) is 29.1 Å². The second-order valence-corrected chi connectivity index (χ2v) is 10.9. The Bertz CT molecular complexity index is 1540. The molecule has 0 amide bonds. The molecule has 0 radical (unpaired) electrons. The molecular weight excluding hydrogens is 573 g/mol. The van der Waals surface area contributed by atoms with Gasteiger partial charge < -0.3 is 35.0 Å². The third-order valence-corrected chi connectivity index (χ3v) is 7.94. The van der Waals surface area contributed by atoms with Crippen molar-refractivity contribution >= 4 is 10.9 Å². The summed E-state index contributed by atoms with van der Waals surface area (Å²) in [5, 5.41) is 1.02. The molecule has 1 aliphatic heterocycles. The van der Waals surface area contributed by atoms with E-state index in [4.69, 9.17) is 25.7 Å². The molecule has 1 aromatic heterocycles. The van der Waals surface area contributed by atoms with Gasteiger partial charge in [-0.05, 0) is 66.8 Å². The molecule has 0 aliphatic carbocycles. The fraction of sp³-hybridized carbons (Fsp3) is 0.394. The van der Waals surface area contributed by atoms with Crippen LogP contribution in [0.4, 0.5) is 13.2 Å². The summed E-state index contributed by atoms with van der Waals surface area (Å²) in [4.78, 5) is 2.41. The van der Waals surface area contributed by atoms with Gasteiger partial charge in [-0.25, -0.2) is 0 Å². The summed E-state index contributed by atoms with van der Waals surface area (Å²) in [5.41, 5.74) is 16.3. The van der Waals surface area contributed by atoms with Gasteiger partial charge in [-0.1, -0.05) is 12.1 Å². The zero-order valence-electron chi connectivity index (χ0n) is 25.0. The van der Waals surface area contributed by atoms with Crippen molar-refractivity contribution in [3.8, 4) is 34.1 Å². The van der Waals surface area contributed by atoms with Crippen molar-refractivity contribution in [3.63, 3.8) is 0 Å². The van der Waals surface area contributed by atoms with Gasteiger partial charge in [-0.3, -0.25) is 4.90 Å². The first kappa shape index (κ1) is 31.5. The summed E-state index contributed by atoms with van der Waals surface area (Å²) < 4.78 is 61.9. The average molecular weight is 613 g/mol. The summed E-state index contributed by atoms with van der Waals surface area (Å²) in [5.74, 6) is 1.82. The van der Waals surface area contributed by atoms with E-state index in [9.17, 15) is 13.2 Å². The average Bonchev–Trinajstić information content (AvgIpc) is 3.37. The van der Waals surface area contributed by atoms with Crippen LogP contribution < -0.4 is 30.4 Å². The van der Waals surface area contributed by atoms with Crippen molar-refractivity contribution in [1.29, 1.82) is 0 Å². The molecule has 3 aromatic carbocycles. The molecule has 0 bridgehead atoms. The molecule has 0 atom stereocenters. The molecule has 1 fully saturated rings. The summed E-state index contributed by atoms with van der Waals surface area (Å²) in [6.45, 7) is 3.88. The zero-order valence-corrected chi connectivity index (χ0v) is 25.0. The number of ether oxygens (including phenoxy) is 4. The number of likely N-dealkylation sites (tertiary alicyclic amines) is 1. The lowest BCUT2D eigenvalue weighted by molar-refractivity contribution is -0.274. The van der Waals surface area contributed by atoms with Crippen molar-refractivity contribution in [2.45, 2.75) is 51.4 Å². The molecule has 0 spiro atoms. The van der Waals surface area contributed by atoms with Crippen LogP contribution in [0.3, 0.4) is 0 Å². The Balaban J connectivity index is 1.34. The molecule has 4 aromatic rings. The number of hydrogen-bond acceptors (Lipinski definition) is 7. The van der Waals surface area contributed by atoms with Crippen LogP contribution in [0.5, 0.6) is 23.0 Å². The number of hydrogen-bond donors (Lipinski definition) is 2. The van der Waals surface area contributed by atoms with Crippen molar-refractivity contribution in [1.82, 2.24) is 9.47 Å². The molecule has 0 unspecified atom stereocenters. The van der Waals surface area contributed by atoms with Gasteiger partial charge in [0.05, 0.1) is 14.2 Å². The van der Waals surface area contributed by atoms with E-state index in [1.807, 2.05) is 24.4 Å². The Morgan fingerprint density at radius 2 is 1.55 bits per heavy atom. The predicted molar refractivity (Wildman–Crippen MR) is 164 cm³/mol. The van der Waals surface area contributed by atoms with E-state index >= 15 is 0 Å². The topological polar surface area (TPSA) is 97.1 Å². The molecule has 5 rings (SSSR count). The van der Waals surface area contributed by atoms with Crippen LogP contribution in [-0.2, 0) is 19.6 Å². The van der Waals surface area contributed by atoms with E-state index in [1.54, 1.807) is 20.3 Å². The van der Waals surface area contributed by atoms with Crippen LogP contribution >= 0.6 is 0 Å². The molecule has 2 heterocycles. The number of aryl methyl sites for hydroxylation is 1. The monoisotopic (exact) mass is 612 g/mol. The van der Waals surface area contributed by atoms with Crippen molar-refractivity contribution in [2.75, 3.05) is 33.9 Å². The lowest BCUT2D eigenvalue weighted by Gasteiger charge is -2.32. The second kappa shape index (κ2) is 13.8. The lowest BCUT2D eigenvalue weighted by atomic mass is 9.97. The predicted octanol–water partition coefficient (Wildman–Crippen LogP) is 6.08. The molecular formula is C33H39F3N4O4. The number of alkyl halides is 3. The van der Waals surface area contributed by atoms with Gasteiger partial charge in [0.25, 0.3) is 0 Å².